The molecule has 1 aromatic heterocycles. The number of piperidine rings is 1. The Bertz CT molecular complexity index is 979. The molecule has 0 aliphatic carbocycles. The minimum atomic E-state index is -0.385. The lowest BCUT2D eigenvalue weighted by atomic mass is 9.98. The van der Waals surface area contributed by atoms with Crippen molar-refractivity contribution < 1.29 is 14.7 Å². The van der Waals surface area contributed by atoms with E-state index in [9.17, 15) is 14.7 Å². The molecule has 2 aliphatic heterocycles. The van der Waals surface area contributed by atoms with E-state index >= 15 is 0 Å². The second-order valence-electron chi connectivity index (χ2n) is 7.55. The third-order valence-electron chi connectivity index (χ3n) is 5.33. The van der Waals surface area contributed by atoms with Crippen LogP contribution in [0, 0.1) is 0 Å². The number of nitrogens with zero attached hydrogens (tertiary/aromatic N) is 1. The lowest BCUT2D eigenvalue weighted by Gasteiger charge is -2.29. The summed E-state index contributed by atoms with van der Waals surface area (Å²) in [5.41, 5.74) is 2.05. The van der Waals surface area contributed by atoms with Crippen molar-refractivity contribution in [3.63, 3.8) is 0 Å². The van der Waals surface area contributed by atoms with Crippen LogP contribution in [0.4, 0.5) is 5.00 Å². The van der Waals surface area contributed by atoms with Gasteiger partial charge in [-0.15, -0.1) is 11.3 Å². The van der Waals surface area contributed by atoms with Crippen LogP contribution in [0.1, 0.15) is 39.2 Å². The minimum Gasteiger partial charge on any atom is -0.392 e. The maximum Gasteiger partial charge on any atom is 0.239 e. The van der Waals surface area contributed by atoms with Gasteiger partial charge in [-0.3, -0.25) is 14.5 Å². The van der Waals surface area contributed by atoms with Gasteiger partial charge in [0.25, 0.3) is 0 Å². The Kier molecular flexibility index (Phi) is 7.07. The number of benzene rings is 1. The Morgan fingerprint density at radius 1 is 1.27 bits per heavy atom. The zero-order valence-electron chi connectivity index (χ0n) is 16.2. The summed E-state index contributed by atoms with van der Waals surface area (Å²) in [6.45, 7) is 1.49. The molecule has 0 spiro atoms. The van der Waals surface area contributed by atoms with E-state index in [-0.39, 0.29) is 24.3 Å². The number of hydrogen-bond acceptors (Lipinski definition) is 6. The third-order valence-corrected chi connectivity index (χ3v) is 8.38. The molecule has 1 fully saturated rings. The molecule has 9 heteroatoms. The van der Waals surface area contributed by atoms with E-state index < -0.39 is 0 Å². The molecule has 0 saturated carbocycles. The average molecular weight is 485 g/mol. The molecule has 1 unspecified atom stereocenters. The molecule has 2 aromatic rings. The Balaban J connectivity index is 1.60. The second-order valence-corrected chi connectivity index (χ2v) is 10.6. The number of β-amino-alcohol motifs (C(OH)–C–C–N with tert-alkyl or cyclic N) is 1. The summed E-state index contributed by atoms with van der Waals surface area (Å²) in [4.78, 5) is 29.2. The van der Waals surface area contributed by atoms with E-state index in [1.54, 1.807) is 18.2 Å². The van der Waals surface area contributed by atoms with Gasteiger partial charge in [-0.2, -0.15) is 11.8 Å². The standard InChI is InChI=1S/C21H22Cl2N2O3S2/c22-15-4-3-12(8-16(15)23)20(28)19-14-5-7-29-11-17(14)30-21(19)24-18(27)10-25-6-1-2-13(26)9-25/h3-4,8,13,26H,1-2,5-7,9-11H2,(H,24,27). The first-order valence-corrected chi connectivity index (χ1v) is 12.6. The number of ketones is 1. The summed E-state index contributed by atoms with van der Waals surface area (Å²) in [5, 5.41) is 14.1. The van der Waals surface area contributed by atoms with Crippen molar-refractivity contribution in [2.24, 2.45) is 0 Å². The molecule has 5 nitrogen and oxygen atoms in total. The number of thioether (sulfide) groups is 1. The van der Waals surface area contributed by atoms with Crippen molar-refractivity contribution >= 4 is 63.0 Å². The number of carbonyl (C=O) groups excluding carboxylic acids is 2. The molecule has 3 heterocycles. The van der Waals surface area contributed by atoms with Crippen LogP contribution in [0.3, 0.4) is 0 Å². The van der Waals surface area contributed by atoms with Gasteiger partial charge < -0.3 is 10.4 Å². The predicted octanol–water partition coefficient (Wildman–Crippen LogP) is 4.47. The average Bonchev–Trinajstić information content (AvgIpc) is 3.07. The molecule has 1 atom stereocenters. The second kappa shape index (κ2) is 9.59. The van der Waals surface area contributed by atoms with Crippen LogP contribution in [0.25, 0.3) is 0 Å². The molecule has 1 amide bonds. The number of carbonyl (C=O) groups is 2. The largest absolute Gasteiger partial charge is 0.392 e. The number of halogens is 2. The molecule has 30 heavy (non-hydrogen) atoms. The zero-order chi connectivity index (χ0) is 21.3. The van der Waals surface area contributed by atoms with Gasteiger partial charge in [-0.25, -0.2) is 0 Å². The SMILES string of the molecule is O=C(CN1CCCC(O)C1)Nc1sc2c(c1C(=O)c1ccc(Cl)c(Cl)c1)CCSC2. The molecular weight excluding hydrogens is 463 g/mol. The van der Waals surface area contributed by atoms with E-state index in [4.69, 9.17) is 23.2 Å². The van der Waals surface area contributed by atoms with Gasteiger partial charge in [0.05, 0.1) is 28.3 Å². The van der Waals surface area contributed by atoms with Gasteiger partial charge in [0.1, 0.15) is 5.00 Å². The summed E-state index contributed by atoms with van der Waals surface area (Å²) in [6.07, 6.45) is 2.06. The number of amides is 1. The highest BCUT2D eigenvalue weighted by Gasteiger charge is 2.28. The number of fused-ring (bicyclic) bond motifs is 1. The highest BCUT2D eigenvalue weighted by atomic mass is 35.5. The van der Waals surface area contributed by atoms with Crippen LogP contribution >= 0.6 is 46.3 Å². The maximum atomic E-state index is 13.4. The fourth-order valence-corrected chi connectivity index (χ4v) is 6.58. The quantitative estimate of drug-likeness (QED) is 0.612. The van der Waals surface area contributed by atoms with Gasteiger partial charge in [0, 0.05) is 22.7 Å². The van der Waals surface area contributed by atoms with Gasteiger partial charge >= 0.3 is 0 Å². The van der Waals surface area contributed by atoms with E-state index in [1.807, 2.05) is 16.7 Å². The van der Waals surface area contributed by atoms with Crippen molar-refractivity contribution in [1.82, 2.24) is 4.90 Å². The Morgan fingerprint density at radius 3 is 2.87 bits per heavy atom. The van der Waals surface area contributed by atoms with E-state index in [0.717, 1.165) is 47.8 Å². The number of nitrogens with one attached hydrogen (secondary N) is 1. The van der Waals surface area contributed by atoms with E-state index in [1.165, 1.54) is 11.3 Å². The summed E-state index contributed by atoms with van der Waals surface area (Å²) >= 11 is 15.4. The molecule has 1 saturated heterocycles. The first-order chi connectivity index (χ1) is 14.4. The minimum absolute atomic E-state index is 0.151. The highest BCUT2D eigenvalue weighted by molar-refractivity contribution is 7.98. The van der Waals surface area contributed by atoms with Crippen molar-refractivity contribution in [3.05, 3.63) is 49.8 Å². The number of anilines is 1. The first-order valence-electron chi connectivity index (χ1n) is 9.84. The maximum absolute atomic E-state index is 13.4. The van der Waals surface area contributed by atoms with Crippen LogP contribution in [0.5, 0.6) is 0 Å². The van der Waals surface area contributed by atoms with Crippen molar-refractivity contribution in [1.29, 1.82) is 0 Å². The van der Waals surface area contributed by atoms with E-state index in [2.05, 4.69) is 5.32 Å². The molecule has 1 aromatic carbocycles. The normalized spacial score (nSPS) is 19.4. The van der Waals surface area contributed by atoms with Crippen LogP contribution in [-0.2, 0) is 17.0 Å². The Hall–Kier alpha value is -1.09. The van der Waals surface area contributed by atoms with Crippen LogP contribution in [0.2, 0.25) is 10.0 Å². The summed E-state index contributed by atoms with van der Waals surface area (Å²) in [5.74, 6) is 1.47. The first kappa shape index (κ1) is 22.1. The lowest BCUT2D eigenvalue weighted by molar-refractivity contribution is -0.117. The molecule has 4 rings (SSSR count). The topological polar surface area (TPSA) is 69.6 Å². The monoisotopic (exact) mass is 484 g/mol. The van der Waals surface area contributed by atoms with Gasteiger partial charge in [0.15, 0.2) is 5.78 Å². The molecule has 160 valence electrons. The van der Waals surface area contributed by atoms with E-state index in [0.29, 0.717) is 32.7 Å². The Labute approximate surface area is 193 Å². The number of likely N-dealkylation sites (tertiary alicyclic amines) is 1. The number of thiophene rings is 1. The fraction of sp³-hybridized carbons (Fsp3) is 0.429. The molecule has 2 aliphatic rings. The number of aliphatic hydroxyl groups excluding tert-OH is 1. The third kappa shape index (κ3) is 4.87. The fourth-order valence-electron chi connectivity index (χ4n) is 3.89. The van der Waals surface area contributed by atoms with Crippen molar-refractivity contribution in [2.45, 2.75) is 31.1 Å². The van der Waals surface area contributed by atoms with Gasteiger partial charge in [-0.1, -0.05) is 23.2 Å². The van der Waals surface area contributed by atoms with Crippen molar-refractivity contribution in [3.8, 4) is 0 Å². The summed E-state index contributed by atoms with van der Waals surface area (Å²) in [6, 6.07) is 4.86. The van der Waals surface area contributed by atoms with Crippen LogP contribution in [0.15, 0.2) is 18.2 Å². The molecule has 0 bridgehead atoms. The molecule has 0 radical (unpaired) electrons. The number of hydrogen-bond donors (Lipinski definition) is 2. The highest BCUT2D eigenvalue weighted by Crippen LogP contribution is 2.41. The molecule has 2 N–H and O–H groups in total. The zero-order valence-corrected chi connectivity index (χ0v) is 19.4. The predicted molar refractivity (Wildman–Crippen MR) is 124 cm³/mol. The van der Waals surface area contributed by atoms with Crippen LogP contribution in [-0.4, -0.2) is 53.2 Å². The summed E-state index contributed by atoms with van der Waals surface area (Å²) < 4.78 is 0. The van der Waals surface area contributed by atoms with Gasteiger partial charge in [0.2, 0.25) is 5.91 Å². The van der Waals surface area contributed by atoms with Gasteiger partial charge in [-0.05, 0) is 55.3 Å². The molecular formula is C21H22Cl2N2O3S2. The Morgan fingerprint density at radius 2 is 2.10 bits per heavy atom. The summed E-state index contributed by atoms with van der Waals surface area (Å²) in [7, 11) is 0. The smallest absolute Gasteiger partial charge is 0.239 e. The number of aliphatic hydroxyl groups is 1. The van der Waals surface area contributed by atoms with Crippen LogP contribution < -0.4 is 5.32 Å². The van der Waals surface area contributed by atoms with Crippen molar-refractivity contribution in [2.75, 3.05) is 30.7 Å². The lowest BCUT2D eigenvalue weighted by Crippen LogP contribution is -2.42. The number of rotatable bonds is 5.